The lowest BCUT2D eigenvalue weighted by Gasteiger charge is -2.25. The van der Waals surface area contributed by atoms with Crippen LogP contribution in [0.5, 0.6) is 0 Å². The van der Waals surface area contributed by atoms with Gasteiger partial charge in [0.1, 0.15) is 0 Å². The molecule has 1 unspecified atom stereocenters. The van der Waals surface area contributed by atoms with Gasteiger partial charge in [0, 0.05) is 24.6 Å². The van der Waals surface area contributed by atoms with Crippen LogP contribution in [0.25, 0.3) is 0 Å². The Balaban J connectivity index is 2.14. The van der Waals surface area contributed by atoms with Crippen molar-refractivity contribution in [1.29, 1.82) is 0 Å². The summed E-state index contributed by atoms with van der Waals surface area (Å²) in [6, 6.07) is 7.84. The number of piperidine rings is 1. The largest absolute Gasteiger partial charge is 0.356 e. The second-order valence-corrected chi connectivity index (χ2v) is 6.32. The van der Waals surface area contributed by atoms with Crippen molar-refractivity contribution in [3.8, 4) is 0 Å². The molecule has 0 saturated carbocycles. The first-order valence-corrected chi connectivity index (χ1v) is 7.05. The van der Waals surface area contributed by atoms with Gasteiger partial charge in [-0.3, -0.25) is 9.59 Å². The molecule has 0 bridgehead atoms. The highest BCUT2D eigenvalue weighted by Crippen LogP contribution is 2.29. The lowest BCUT2D eigenvalue weighted by molar-refractivity contribution is -0.129. The van der Waals surface area contributed by atoms with Gasteiger partial charge < -0.3 is 10.6 Å². The zero-order chi connectivity index (χ0) is 14.8. The number of para-hydroxylation sites is 1. The third kappa shape index (κ3) is 3.38. The molecule has 20 heavy (non-hydrogen) atoms. The molecule has 0 aliphatic carbocycles. The normalized spacial score (nSPS) is 19.4. The van der Waals surface area contributed by atoms with Gasteiger partial charge in [-0.15, -0.1) is 0 Å². The van der Waals surface area contributed by atoms with Gasteiger partial charge >= 0.3 is 0 Å². The number of hydrogen-bond acceptors (Lipinski definition) is 2. The number of amides is 2. The molecule has 108 valence electrons. The summed E-state index contributed by atoms with van der Waals surface area (Å²) in [7, 11) is 0. The molecule has 2 rings (SSSR count). The predicted molar refractivity (Wildman–Crippen MR) is 79.5 cm³/mol. The van der Waals surface area contributed by atoms with E-state index in [1.165, 1.54) is 0 Å². The smallest absolute Gasteiger partial charge is 0.228 e. The molecule has 2 N–H and O–H groups in total. The molecule has 1 atom stereocenters. The highest BCUT2D eigenvalue weighted by molar-refractivity contribution is 5.96. The van der Waals surface area contributed by atoms with Gasteiger partial charge in [0.15, 0.2) is 0 Å². The van der Waals surface area contributed by atoms with Gasteiger partial charge in [-0.25, -0.2) is 0 Å². The van der Waals surface area contributed by atoms with Crippen LogP contribution < -0.4 is 10.6 Å². The molecule has 4 heteroatoms. The molecule has 0 spiro atoms. The van der Waals surface area contributed by atoms with Gasteiger partial charge in [-0.1, -0.05) is 39.0 Å². The van der Waals surface area contributed by atoms with E-state index in [-0.39, 0.29) is 29.6 Å². The van der Waals surface area contributed by atoms with E-state index in [4.69, 9.17) is 0 Å². The maximum absolute atomic E-state index is 12.3. The summed E-state index contributed by atoms with van der Waals surface area (Å²) in [6.07, 6.45) is 0.985. The summed E-state index contributed by atoms with van der Waals surface area (Å²) in [5.74, 6) is -0.325. The van der Waals surface area contributed by atoms with E-state index in [1.807, 2.05) is 24.3 Å². The van der Waals surface area contributed by atoms with Crippen molar-refractivity contribution < 1.29 is 9.59 Å². The van der Waals surface area contributed by atoms with Crippen molar-refractivity contribution in [3.05, 3.63) is 29.8 Å². The monoisotopic (exact) mass is 274 g/mol. The van der Waals surface area contributed by atoms with E-state index in [9.17, 15) is 9.59 Å². The fourth-order valence-electron chi connectivity index (χ4n) is 2.49. The summed E-state index contributed by atoms with van der Waals surface area (Å²) in [5, 5.41) is 5.74. The molecule has 0 aromatic heterocycles. The summed E-state index contributed by atoms with van der Waals surface area (Å²) in [6.45, 7) is 6.93. The summed E-state index contributed by atoms with van der Waals surface area (Å²) < 4.78 is 0. The molecule has 1 fully saturated rings. The highest BCUT2D eigenvalue weighted by atomic mass is 16.2. The lowest BCUT2D eigenvalue weighted by Crippen LogP contribution is -2.38. The van der Waals surface area contributed by atoms with Crippen molar-refractivity contribution in [2.75, 3.05) is 11.9 Å². The van der Waals surface area contributed by atoms with E-state index in [2.05, 4.69) is 31.4 Å². The molecule has 1 aliphatic heterocycles. The first kappa shape index (κ1) is 14.6. The Morgan fingerprint density at radius 3 is 2.65 bits per heavy atom. The molecule has 4 nitrogen and oxygen atoms in total. The summed E-state index contributed by atoms with van der Waals surface area (Å²) in [5.41, 5.74) is 1.91. The number of anilines is 1. The molecular formula is C16H22N2O2. The Bertz CT molecular complexity index is 517. The van der Waals surface area contributed by atoms with Gasteiger partial charge in [-0.2, -0.15) is 0 Å². The van der Waals surface area contributed by atoms with Crippen LogP contribution in [0.2, 0.25) is 0 Å². The molecular weight excluding hydrogens is 252 g/mol. The average Bonchev–Trinajstić information content (AvgIpc) is 2.38. The van der Waals surface area contributed by atoms with Crippen LogP contribution in [-0.4, -0.2) is 18.4 Å². The zero-order valence-electron chi connectivity index (χ0n) is 12.3. The minimum Gasteiger partial charge on any atom is -0.356 e. The minimum atomic E-state index is -0.225. The number of carbonyl (C=O) groups is 2. The SMILES string of the molecule is CC(C)(C)c1ccccc1NC(=O)C1CCNC(=O)C1. The molecule has 1 aliphatic rings. The topological polar surface area (TPSA) is 58.2 Å². The van der Waals surface area contributed by atoms with Crippen molar-refractivity contribution in [3.63, 3.8) is 0 Å². The standard InChI is InChI=1S/C16H22N2O2/c1-16(2,3)12-6-4-5-7-13(12)18-15(20)11-8-9-17-14(19)10-11/h4-7,11H,8-10H2,1-3H3,(H,17,19)(H,18,20). The first-order valence-electron chi connectivity index (χ1n) is 7.05. The van der Waals surface area contributed by atoms with Crippen LogP contribution in [0.15, 0.2) is 24.3 Å². The summed E-state index contributed by atoms with van der Waals surface area (Å²) >= 11 is 0. The van der Waals surface area contributed by atoms with Gasteiger partial charge in [0.25, 0.3) is 0 Å². The quantitative estimate of drug-likeness (QED) is 0.870. The van der Waals surface area contributed by atoms with Crippen molar-refractivity contribution in [2.24, 2.45) is 5.92 Å². The van der Waals surface area contributed by atoms with Gasteiger partial charge in [0.05, 0.1) is 0 Å². The number of hydrogen-bond donors (Lipinski definition) is 2. The number of benzene rings is 1. The van der Waals surface area contributed by atoms with Crippen LogP contribution in [0.1, 0.15) is 39.2 Å². The van der Waals surface area contributed by atoms with E-state index >= 15 is 0 Å². The highest BCUT2D eigenvalue weighted by Gasteiger charge is 2.27. The fraction of sp³-hybridized carbons (Fsp3) is 0.500. The number of carbonyl (C=O) groups excluding carboxylic acids is 2. The Kier molecular flexibility index (Phi) is 4.12. The lowest BCUT2D eigenvalue weighted by atomic mass is 9.85. The van der Waals surface area contributed by atoms with Crippen LogP contribution in [0, 0.1) is 5.92 Å². The van der Waals surface area contributed by atoms with E-state index in [0.717, 1.165) is 11.3 Å². The van der Waals surface area contributed by atoms with Gasteiger partial charge in [0.2, 0.25) is 11.8 Å². The van der Waals surface area contributed by atoms with E-state index < -0.39 is 0 Å². The molecule has 1 saturated heterocycles. The van der Waals surface area contributed by atoms with Crippen LogP contribution in [-0.2, 0) is 15.0 Å². The third-order valence-corrected chi connectivity index (χ3v) is 3.61. The van der Waals surface area contributed by atoms with E-state index in [0.29, 0.717) is 13.0 Å². The maximum atomic E-state index is 12.3. The Hall–Kier alpha value is -1.84. The molecule has 0 radical (unpaired) electrons. The second-order valence-electron chi connectivity index (χ2n) is 6.32. The first-order chi connectivity index (χ1) is 9.38. The average molecular weight is 274 g/mol. The fourth-order valence-corrected chi connectivity index (χ4v) is 2.49. The Labute approximate surface area is 119 Å². The maximum Gasteiger partial charge on any atom is 0.228 e. The van der Waals surface area contributed by atoms with Crippen molar-refractivity contribution in [2.45, 2.75) is 39.0 Å². The predicted octanol–water partition coefficient (Wildman–Crippen LogP) is 2.45. The van der Waals surface area contributed by atoms with Crippen molar-refractivity contribution >= 4 is 17.5 Å². The second kappa shape index (κ2) is 5.65. The van der Waals surface area contributed by atoms with Gasteiger partial charge in [-0.05, 0) is 23.5 Å². The Morgan fingerprint density at radius 2 is 2.00 bits per heavy atom. The zero-order valence-corrected chi connectivity index (χ0v) is 12.3. The van der Waals surface area contributed by atoms with Crippen LogP contribution in [0.4, 0.5) is 5.69 Å². The van der Waals surface area contributed by atoms with E-state index in [1.54, 1.807) is 0 Å². The minimum absolute atomic E-state index is 0.0339. The molecule has 1 heterocycles. The number of rotatable bonds is 2. The van der Waals surface area contributed by atoms with Crippen molar-refractivity contribution in [1.82, 2.24) is 5.32 Å². The van der Waals surface area contributed by atoms with Crippen LogP contribution >= 0.6 is 0 Å². The van der Waals surface area contributed by atoms with Crippen LogP contribution in [0.3, 0.4) is 0 Å². The summed E-state index contributed by atoms with van der Waals surface area (Å²) in [4.78, 5) is 23.7. The Morgan fingerprint density at radius 1 is 1.30 bits per heavy atom. The molecule has 1 aromatic carbocycles. The number of nitrogens with one attached hydrogen (secondary N) is 2. The molecule has 2 amide bonds. The molecule has 1 aromatic rings. The third-order valence-electron chi connectivity index (χ3n) is 3.61.